The van der Waals surface area contributed by atoms with Crippen molar-refractivity contribution in [2.75, 3.05) is 12.8 Å². The Balaban J connectivity index is 2.50. The van der Waals surface area contributed by atoms with Crippen molar-refractivity contribution >= 4 is 22.5 Å². The summed E-state index contributed by atoms with van der Waals surface area (Å²) in [5, 5.41) is 0. The van der Waals surface area contributed by atoms with Crippen LogP contribution < -0.4 is 10.5 Å². The number of methoxy groups -OCH3 is 1. The molecule has 0 amide bonds. The zero-order valence-electron chi connectivity index (χ0n) is 8.58. The van der Waals surface area contributed by atoms with Gasteiger partial charge in [0.1, 0.15) is 23.2 Å². The SMILES string of the molecule is COc1ccc2nc(N)c3cncn3c2n1. The second-order valence-corrected chi connectivity index (χ2v) is 3.34. The molecular weight excluding hydrogens is 206 g/mol. The maximum absolute atomic E-state index is 5.81. The van der Waals surface area contributed by atoms with Crippen LogP contribution in [-0.4, -0.2) is 26.5 Å². The van der Waals surface area contributed by atoms with E-state index in [4.69, 9.17) is 10.5 Å². The van der Waals surface area contributed by atoms with E-state index in [0.717, 1.165) is 5.52 Å². The number of hydrogen-bond acceptors (Lipinski definition) is 5. The highest BCUT2D eigenvalue weighted by atomic mass is 16.5. The highest BCUT2D eigenvalue weighted by molar-refractivity contribution is 5.80. The van der Waals surface area contributed by atoms with Crippen LogP contribution in [-0.2, 0) is 0 Å². The van der Waals surface area contributed by atoms with Crippen LogP contribution in [0.15, 0.2) is 24.7 Å². The number of imidazole rings is 1. The number of anilines is 1. The van der Waals surface area contributed by atoms with Crippen molar-refractivity contribution in [3.8, 4) is 5.88 Å². The van der Waals surface area contributed by atoms with Gasteiger partial charge in [0.05, 0.1) is 13.3 Å². The number of nitrogen functional groups attached to an aromatic ring is 1. The molecule has 6 nitrogen and oxygen atoms in total. The van der Waals surface area contributed by atoms with Crippen LogP contribution in [0.5, 0.6) is 5.88 Å². The minimum atomic E-state index is 0.442. The molecular formula is C10H9N5O. The lowest BCUT2D eigenvalue weighted by Crippen LogP contribution is -2.00. The summed E-state index contributed by atoms with van der Waals surface area (Å²) in [6.07, 6.45) is 3.31. The van der Waals surface area contributed by atoms with Crippen molar-refractivity contribution in [3.05, 3.63) is 24.7 Å². The van der Waals surface area contributed by atoms with Crippen LogP contribution in [0.2, 0.25) is 0 Å². The zero-order valence-corrected chi connectivity index (χ0v) is 8.58. The Morgan fingerprint density at radius 3 is 3.00 bits per heavy atom. The molecule has 3 heterocycles. The Labute approximate surface area is 90.7 Å². The van der Waals surface area contributed by atoms with E-state index in [1.54, 1.807) is 30.1 Å². The molecule has 0 atom stereocenters. The van der Waals surface area contributed by atoms with Gasteiger partial charge in [-0.3, -0.25) is 4.40 Å². The van der Waals surface area contributed by atoms with Gasteiger partial charge in [0.2, 0.25) is 5.88 Å². The summed E-state index contributed by atoms with van der Waals surface area (Å²) in [7, 11) is 1.57. The summed E-state index contributed by atoms with van der Waals surface area (Å²) in [6.45, 7) is 0. The number of aromatic nitrogens is 4. The van der Waals surface area contributed by atoms with Gasteiger partial charge in [0.15, 0.2) is 5.65 Å². The molecule has 0 radical (unpaired) electrons. The summed E-state index contributed by atoms with van der Waals surface area (Å²) in [5.74, 6) is 0.978. The lowest BCUT2D eigenvalue weighted by molar-refractivity contribution is 0.399. The van der Waals surface area contributed by atoms with E-state index in [9.17, 15) is 0 Å². The van der Waals surface area contributed by atoms with E-state index in [-0.39, 0.29) is 0 Å². The molecule has 0 spiro atoms. The number of nitrogens with two attached hydrogens (primary N) is 1. The fourth-order valence-electron chi connectivity index (χ4n) is 1.64. The number of hydrogen-bond donors (Lipinski definition) is 1. The van der Waals surface area contributed by atoms with Gasteiger partial charge >= 0.3 is 0 Å². The predicted octanol–water partition coefficient (Wildman–Crippen LogP) is 0.868. The average molecular weight is 215 g/mol. The lowest BCUT2D eigenvalue weighted by Gasteiger charge is -2.04. The number of rotatable bonds is 1. The van der Waals surface area contributed by atoms with Crippen LogP contribution >= 0.6 is 0 Å². The smallest absolute Gasteiger partial charge is 0.215 e. The maximum Gasteiger partial charge on any atom is 0.215 e. The van der Waals surface area contributed by atoms with E-state index in [1.807, 2.05) is 6.07 Å². The Morgan fingerprint density at radius 2 is 2.19 bits per heavy atom. The van der Waals surface area contributed by atoms with Crippen LogP contribution in [0.4, 0.5) is 5.82 Å². The minimum absolute atomic E-state index is 0.442. The van der Waals surface area contributed by atoms with Crippen molar-refractivity contribution in [3.63, 3.8) is 0 Å². The third-order valence-corrected chi connectivity index (χ3v) is 2.41. The fraction of sp³-hybridized carbons (Fsp3) is 0.100. The van der Waals surface area contributed by atoms with E-state index < -0.39 is 0 Å². The van der Waals surface area contributed by atoms with E-state index in [2.05, 4.69) is 15.0 Å². The number of nitrogens with zero attached hydrogens (tertiary/aromatic N) is 4. The zero-order chi connectivity index (χ0) is 11.1. The Hall–Kier alpha value is -2.37. The highest BCUT2D eigenvalue weighted by Crippen LogP contribution is 2.19. The molecule has 0 fully saturated rings. The monoisotopic (exact) mass is 215 g/mol. The second-order valence-electron chi connectivity index (χ2n) is 3.34. The molecule has 3 rings (SSSR count). The van der Waals surface area contributed by atoms with Gasteiger partial charge in [-0.25, -0.2) is 9.97 Å². The molecule has 0 aliphatic carbocycles. The molecule has 0 saturated carbocycles. The van der Waals surface area contributed by atoms with Crippen LogP contribution in [0, 0.1) is 0 Å². The van der Waals surface area contributed by atoms with Crippen LogP contribution in [0.1, 0.15) is 0 Å². The molecule has 80 valence electrons. The highest BCUT2D eigenvalue weighted by Gasteiger charge is 2.07. The molecule has 0 unspecified atom stereocenters. The molecule has 0 aliphatic rings. The number of ether oxygens (including phenoxy) is 1. The van der Waals surface area contributed by atoms with Gasteiger partial charge < -0.3 is 10.5 Å². The molecule has 0 aliphatic heterocycles. The summed E-state index contributed by atoms with van der Waals surface area (Å²) in [5.41, 5.74) is 7.94. The van der Waals surface area contributed by atoms with Crippen molar-refractivity contribution < 1.29 is 4.74 Å². The molecule has 2 N–H and O–H groups in total. The molecule has 0 aromatic carbocycles. The average Bonchev–Trinajstić information content (AvgIpc) is 2.78. The van der Waals surface area contributed by atoms with Crippen molar-refractivity contribution in [2.24, 2.45) is 0 Å². The summed E-state index contributed by atoms with van der Waals surface area (Å²) in [6, 6.07) is 3.56. The summed E-state index contributed by atoms with van der Waals surface area (Å²) in [4.78, 5) is 12.6. The predicted molar refractivity (Wildman–Crippen MR) is 59.3 cm³/mol. The first-order valence-electron chi connectivity index (χ1n) is 4.72. The van der Waals surface area contributed by atoms with Gasteiger partial charge in [-0.2, -0.15) is 4.98 Å². The Kier molecular flexibility index (Phi) is 1.70. The molecule has 16 heavy (non-hydrogen) atoms. The molecule has 0 bridgehead atoms. The van der Waals surface area contributed by atoms with E-state index >= 15 is 0 Å². The summed E-state index contributed by atoms with van der Waals surface area (Å²) < 4.78 is 6.87. The summed E-state index contributed by atoms with van der Waals surface area (Å²) >= 11 is 0. The van der Waals surface area contributed by atoms with Gasteiger partial charge in [-0.05, 0) is 6.07 Å². The van der Waals surface area contributed by atoms with Gasteiger partial charge in [-0.15, -0.1) is 0 Å². The fourth-order valence-corrected chi connectivity index (χ4v) is 1.64. The lowest BCUT2D eigenvalue weighted by atomic mass is 10.4. The van der Waals surface area contributed by atoms with Gasteiger partial charge in [-0.1, -0.05) is 0 Å². The Morgan fingerprint density at radius 1 is 1.31 bits per heavy atom. The van der Waals surface area contributed by atoms with Crippen LogP contribution in [0.3, 0.4) is 0 Å². The maximum atomic E-state index is 5.81. The standard InChI is InChI=1S/C10H9N5O/c1-16-8-3-2-6-10(14-8)15-5-12-4-7(15)9(11)13-6/h2-5H,1H3,(H2,11,13). The number of fused-ring (bicyclic) bond motifs is 3. The largest absolute Gasteiger partial charge is 0.481 e. The molecule has 3 aromatic heterocycles. The Bertz CT molecular complexity index is 675. The first-order valence-corrected chi connectivity index (χ1v) is 4.72. The normalized spacial score (nSPS) is 11.1. The van der Waals surface area contributed by atoms with E-state index in [1.165, 1.54) is 0 Å². The number of pyridine rings is 1. The molecule has 0 saturated heterocycles. The van der Waals surface area contributed by atoms with E-state index in [0.29, 0.717) is 22.9 Å². The molecule has 6 heteroatoms. The first-order chi connectivity index (χ1) is 7.79. The van der Waals surface area contributed by atoms with Gasteiger partial charge in [0.25, 0.3) is 0 Å². The van der Waals surface area contributed by atoms with Crippen molar-refractivity contribution in [2.45, 2.75) is 0 Å². The quantitative estimate of drug-likeness (QED) is 0.651. The van der Waals surface area contributed by atoms with Crippen molar-refractivity contribution in [1.29, 1.82) is 0 Å². The van der Waals surface area contributed by atoms with Gasteiger partial charge in [0, 0.05) is 6.07 Å². The second kappa shape index (κ2) is 3.06. The third-order valence-electron chi connectivity index (χ3n) is 2.41. The molecule has 3 aromatic rings. The van der Waals surface area contributed by atoms with Crippen LogP contribution in [0.25, 0.3) is 16.7 Å². The topological polar surface area (TPSA) is 78.3 Å². The third kappa shape index (κ3) is 1.10. The van der Waals surface area contributed by atoms with Crippen molar-refractivity contribution in [1.82, 2.24) is 19.4 Å². The minimum Gasteiger partial charge on any atom is -0.481 e. The first kappa shape index (κ1) is 8.90.